The SMILES string of the molecule is Cc1ccc(CN(C)C(=O)COC(=O)Cc2ccc(-c3csc(C)n3)cc2)cc1. The number of rotatable bonds is 7. The molecule has 3 aromatic rings. The summed E-state index contributed by atoms with van der Waals surface area (Å²) in [5.41, 5.74) is 4.99. The number of amides is 1. The third kappa shape index (κ3) is 5.99. The fourth-order valence-corrected chi connectivity index (χ4v) is 3.44. The van der Waals surface area contributed by atoms with Gasteiger partial charge in [0.25, 0.3) is 5.91 Å². The monoisotopic (exact) mass is 408 g/mol. The van der Waals surface area contributed by atoms with Crippen molar-refractivity contribution in [2.45, 2.75) is 26.8 Å². The van der Waals surface area contributed by atoms with Crippen LogP contribution in [0.3, 0.4) is 0 Å². The van der Waals surface area contributed by atoms with E-state index >= 15 is 0 Å². The van der Waals surface area contributed by atoms with E-state index in [1.54, 1.807) is 23.3 Å². The molecular weight excluding hydrogens is 384 g/mol. The van der Waals surface area contributed by atoms with Crippen molar-refractivity contribution < 1.29 is 14.3 Å². The molecule has 150 valence electrons. The summed E-state index contributed by atoms with van der Waals surface area (Å²) in [6, 6.07) is 15.6. The maximum atomic E-state index is 12.2. The van der Waals surface area contributed by atoms with E-state index in [1.807, 2.05) is 67.8 Å². The minimum atomic E-state index is -0.417. The van der Waals surface area contributed by atoms with E-state index in [4.69, 9.17) is 4.74 Å². The Morgan fingerprint density at radius 1 is 1.00 bits per heavy atom. The first-order chi connectivity index (χ1) is 13.9. The Morgan fingerprint density at radius 3 is 2.28 bits per heavy atom. The molecule has 0 aliphatic heterocycles. The predicted octanol–water partition coefficient (Wildman–Crippen LogP) is 4.17. The van der Waals surface area contributed by atoms with Crippen LogP contribution in [0.2, 0.25) is 0 Å². The number of carbonyl (C=O) groups excluding carboxylic acids is 2. The number of nitrogens with zero attached hydrogens (tertiary/aromatic N) is 2. The molecule has 6 heteroatoms. The van der Waals surface area contributed by atoms with Crippen LogP contribution in [-0.2, 0) is 27.3 Å². The highest BCUT2D eigenvalue weighted by atomic mass is 32.1. The molecule has 0 bridgehead atoms. The van der Waals surface area contributed by atoms with Gasteiger partial charge in [-0.2, -0.15) is 0 Å². The number of carbonyl (C=O) groups is 2. The second-order valence-electron chi connectivity index (χ2n) is 7.02. The average Bonchev–Trinajstić information content (AvgIpc) is 3.14. The lowest BCUT2D eigenvalue weighted by Gasteiger charge is -2.17. The minimum Gasteiger partial charge on any atom is -0.455 e. The van der Waals surface area contributed by atoms with Crippen LogP contribution in [0.25, 0.3) is 11.3 Å². The summed E-state index contributed by atoms with van der Waals surface area (Å²) in [5, 5.41) is 3.03. The van der Waals surface area contributed by atoms with Crippen LogP contribution < -0.4 is 0 Å². The molecule has 0 spiro atoms. The number of esters is 1. The zero-order valence-electron chi connectivity index (χ0n) is 16.8. The molecule has 0 atom stereocenters. The molecule has 3 rings (SSSR count). The molecule has 5 nitrogen and oxygen atoms in total. The van der Waals surface area contributed by atoms with Gasteiger partial charge in [0.2, 0.25) is 0 Å². The van der Waals surface area contributed by atoms with E-state index in [1.165, 1.54) is 5.56 Å². The molecule has 0 N–H and O–H groups in total. The van der Waals surface area contributed by atoms with Crippen LogP contribution >= 0.6 is 11.3 Å². The average molecular weight is 409 g/mol. The van der Waals surface area contributed by atoms with Crippen LogP contribution in [0.5, 0.6) is 0 Å². The van der Waals surface area contributed by atoms with Crippen LogP contribution in [0.15, 0.2) is 53.9 Å². The lowest BCUT2D eigenvalue weighted by Crippen LogP contribution is -2.31. The number of likely N-dealkylation sites (N-methyl/N-ethyl adjacent to an activating group) is 1. The zero-order chi connectivity index (χ0) is 20.8. The number of hydrogen-bond donors (Lipinski definition) is 0. The third-order valence-corrected chi connectivity index (χ3v) is 5.31. The second-order valence-corrected chi connectivity index (χ2v) is 8.08. The first-order valence-electron chi connectivity index (χ1n) is 9.37. The lowest BCUT2D eigenvalue weighted by molar-refractivity contribution is -0.151. The highest BCUT2D eigenvalue weighted by Crippen LogP contribution is 2.22. The van der Waals surface area contributed by atoms with E-state index in [0.717, 1.165) is 27.4 Å². The fourth-order valence-electron chi connectivity index (χ4n) is 2.82. The minimum absolute atomic E-state index is 0.130. The Labute approximate surface area is 175 Å². The number of aromatic nitrogens is 1. The Balaban J connectivity index is 1.46. The normalized spacial score (nSPS) is 10.6. The van der Waals surface area contributed by atoms with Crippen LogP contribution in [0, 0.1) is 13.8 Å². The molecule has 0 saturated carbocycles. The topological polar surface area (TPSA) is 59.5 Å². The Bertz CT molecular complexity index is 978. The second kappa shape index (κ2) is 9.47. The number of benzene rings is 2. The van der Waals surface area contributed by atoms with E-state index in [-0.39, 0.29) is 18.9 Å². The van der Waals surface area contributed by atoms with Gasteiger partial charge in [0.05, 0.1) is 17.1 Å². The Morgan fingerprint density at radius 2 is 1.66 bits per heavy atom. The van der Waals surface area contributed by atoms with Crippen molar-refractivity contribution in [3.05, 3.63) is 75.6 Å². The molecular formula is C23H24N2O3S. The molecule has 1 amide bonds. The first-order valence-corrected chi connectivity index (χ1v) is 10.3. The maximum Gasteiger partial charge on any atom is 0.310 e. The van der Waals surface area contributed by atoms with E-state index in [9.17, 15) is 9.59 Å². The summed E-state index contributed by atoms with van der Waals surface area (Å²) in [4.78, 5) is 30.3. The van der Waals surface area contributed by atoms with E-state index in [0.29, 0.717) is 6.54 Å². The molecule has 0 aliphatic carbocycles. The molecule has 0 aliphatic rings. The largest absolute Gasteiger partial charge is 0.455 e. The smallest absolute Gasteiger partial charge is 0.310 e. The van der Waals surface area contributed by atoms with Crippen molar-refractivity contribution in [2.75, 3.05) is 13.7 Å². The highest BCUT2D eigenvalue weighted by molar-refractivity contribution is 7.09. The lowest BCUT2D eigenvalue weighted by atomic mass is 10.1. The van der Waals surface area contributed by atoms with Gasteiger partial charge in [-0.3, -0.25) is 9.59 Å². The molecule has 29 heavy (non-hydrogen) atoms. The molecule has 1 heterocycles. The number of thiazole rings is 1. The Hall–Kier alpha value is -2.99. The summed E-state index contributed by atoms with van der Waals surface area (Å²) < 4.78 is 5.16. The summed E-state index contributed by atoms with van der Waals surface area (Å²) in [6.45, 7) is 4.22. The van der Waals surface area contributed by atoms with Gasteiger partial charge in [0.1, 0.15) is 0 Å². The van der Waals surface area contributed by atoms with Crippen molar-refractivity contribution in [3.8, 4) is 11.3 Å². The van der Waals surface area contributed by atoms with Gasteiger partial charge < -0.3 is 9.64 Å². The quantitative estimate of drug-likeness (QED) is 0.551. The molecule has 0 saturated heterocycles. The van der Waals surface area contributed by atoms with Gasteiger partial charge in [-0.1, -0.05) is 54.1 Å². The number of ether oxygens (including phenoxy) is 1. The summed E-state index contributed by atoms with van der Waals surface area (Å²) >= 11 is 1.61. The van der Waals surface area contributed by atoms with Crippen molar-refractivity contribution in [1.29, 1.82) is 0 Å². The van der Waals surface area contributed by atoms with Crippen LogP contribution in [-0.4, -0.2) is 35.4 Å². The highest BCUT2D eigenvalue weighted by Gasteiger charge is 2.13. The van der Waals surface area contributed by atoms with Gasteiger partial charge in [-0.25, -0.2) is 4.98 Å². The van der Waals surface area contributed by atoms with Crippen LogP contribution in [0.1, 0.15) is 21.7 Å². The van der Waals surface area contributed by atoms with E-state index < -0.39 is 5.97 Å². The third-order valence-electron chi connectivity index (χ3n) is 4.54. The van der Waals surface area contributed by atoms with Crippen LogP contribution in [0.4, 0.5) is 0 Å². The van der Waals surface area contributed by atoms with Crippen molar-refractivity contribution in [2.24, 2.45) is 0 Å². The van der Waals surface area contributed by atoms with Crippen molar-refractivity contribution in [1.82, 2.24) is 9.88 Å². The molecule has 1 aromatic heterocycles. The predicted molar refractivity (Wildman–Crippen MR) is 115 cm³/mol. The maximum absolute atomic E-state index is 12.2. The van der Waals surface area contributed by atoms with Crippen molar-refractivity contribution >= 4 is 23.2 Å². The van der Waals surface area contributed by atoms with Gasteiger partial charge in [0, 0.05) is 24.5 Å². The first kappa shape index (κ1) is 20.7. The van der Waals surface area contributed by atoms with Gasteiger partial charge in [-0.15, -0.1) is 11.3 Å². The van der Waals surface area contributed by atoms with E-state index in [2.05, 4.69) is 4.98 Å². The number of hydrogen-bond acceptors (Lipinski definition) is 5. The summed E-state index contributed by atoms with van der Waals surface area (Å²) in [5.74, 6) is -0.646. The summed E-state index contributed by atoms with van der Waals surface area (Å²) in [6.07, 6.45) is 0.130. The molecule has 0 fully saturated rings. The molecule has 0 unspecified atom stereocenters. The fraction of sp³-hybridized carbons (Fsp3) is 0.261. The zero-order valence-corrected chi connectivity index (χ0v) is 17.7. The van der Waals surface area contributed by atoms with Crippen molar-refractivity contribution in [3.63, 3.8) is 0 Å². The van der Waals surface area contributed by atoms with Gasteiger partial charge >= 0.3 is 5.97 Å². The number of aryl methyl sites for hydroxylation is 2. The van der Waals surface area contributed by atoms with Gasteiger partial charge in [0.15, 0.2) is 6.61 Å². The molecule has 0 radical (unpaired) electrons. The standard InChI is InChI=1S/C23H24N2O3S/c1-16-4-6-19(7-5-16)13-25(3)22(26)14-28-23(27)12-18-8-10-20(11-9-18)21-15-29-17(2)24-21/h4-11,15H,12-14H2,1-3H3. The molecule has 2 aromatic carbocycles. The van der Waals surface area contributed by atoms with Gasteiger partial charge in [-0.05, 0) is 25.0 Å². The Kier molecular flexibility index (Phi) is 6.77. The summed E-state index contributed by atoms with van der Waals surface area (Å²) in [7, 11) is 1.70.